The van der Waals surface area contributed by atoms with Crippen LogP contribution in [0.25, 0.3) is 0 Å². The molecule has 1 unspecified atom stereocenters. The fourth-order valence-corrected chi connectivity index (χ4v) is 1.84. The molecule has 1 heteroatoms. The summed E-state index contributed by atoms with van der Waals surface area (Å²) in [6, 6.07) is 9.03. The Morgan fingerprint density at radius 3 is 2.33 bits per heavy atom. The highest BCUT2D eigenvalue weighted by atomic mass is 14.5. The molecule has 0 aliphatic carbocycles. The SMILES string of the molecule is CCc1ccc(C(C)CCCCN)cc1. The van der Waals surface area contributed by atoms with Crippen LogP contribution in [-0.4, -0.2) is 6.54 Å². The Morgan fingerprint density at radius 1 is 1.13 bits per heavy atom. The third kappa shape index (κ3) is 4.05. The van der Waals surface area contributed by atoms with Crippen LogP contribution in [0.2, 0.25) is 0 Å². The fourth-order valence-electron chi connectivity index (χ4n) is 1.84. The molecule has 0 aromatic heterocycles. The van der Waals surface area contributed by atoms with Gasteiger partial charge < -0.3 is 5.73 Å². The number of unbranched alkanes of at least 4 members (excludes halogenated alkanes) is 1. The van der Waals surface area contributed by atoms with Crippen LogP contribution in [-0.2, 0) is 6.42 Å². The van der Waals surface area contributed by atoms with Gasteiger partial charge in [-0.15, -0.1) is 0 Å². The lowest BCUT2D eigenvalue weighted by Gasteiger charge is -2.11. The Balaban J connectivity index is 2.46. The average Bonchev–Trinajstić information content (AvgIpc) is 2.29. The molecule has 0 spiro atoms. The molecule has 84 valence electrons. The molecule has 0 aliphatic rings. The smallest absolute Gasteiger partial charge is 0.00773 e. The van der Waals surface area contributed by atoms with Gasteiger partial charge in [0.05, 0.1) is 0 Å². The number of rotatable bonds is 6. The van der Waals surface area contributed by atoms with Crippen molar-refractivity contribution in [2.75, 3.05) is 6.54 Å². The zero-order valence-electron chi connectivity index (χ0n) is 10.00. The summed E-state index contributed by atoms with van der Waals surface area (Å²) in [7, 11) is 0. The number of hydrogen-bond donors (Lipinski definition) is 1. The summed E-state index contributed by atoms with van der Waals surface area (Å²) in [6.07, 6.45) is 4.77. The van der Waals surface area contributed by atoms with Crippen molar-refractivity contribution in [2.24, 2.45) is 5.73 Å². The van der Waals surface area contributed by atoms with Crippen molar-refractivity contribution in [3.8, 4) is 0 Å². The minimum Gasteiger partial charge on any atom is -0.330 e. The Hall–Kier alpha value is -0.820. The average molecular weight is 205 g/mol. The van der Waals surface area contributed by atoms with E-state index in [4.69, 9.17) is 5.73 Å². The Bertz CT molecular complexity index is 263. The normalized spacial score (nSPS) is 12.7. The van der Waals surface area contributed by atoms with Gasteiger partial charge in [-0.3, -0.25) is 0 Å². The summed E-state index contributed by atoms with van der Waals surface area (Å²) in [5.41, 5.74) is 8.38. The van der Waals surface area contributed by atoms with E-state index in [1.807, 2.05) is 0 Å². The van der Waals surface area contributed by atoms with Crippen molar-refractivity contribution in [3.63, 3.8) is 0 Å². The highest BCUT2D eigenvalue weighted by Gasteiger charge is 2.04. The molecule has 0 saturated heterocycles. The van der Waals surface area contributed by atoms with Crippen LogP contribution in [0, 0.1) is 0 Å². The zero-order chi connectivity index (χ0) is 11.1. The number of hydrogen-bond acceptors (Lipinski definition) is 1. The predicted molar refractivity (Wildman–Crippen MR) is 67.1 cm³/mol. The number of nitrogens with two attached hydrogens (primary N) is 1. The molecule has 0 aliphatic heterocycles. The molecule has 1 aromatic carbocycles. The lowest BCUT2D eigenvalue weighted by molar-refractivity contribution is 0.609. The minimum absolute atomic E-state index is 0.669. The Morgan fingerprint density at radius 2 is 1.80 bits per heavy atom. The maximum Gasteiger partial charge on any atom is -0.00773 e. The first-order valence-corrected chi connectivity index (χ1v) is 6.06. The molecule has 0 fully saturated rings. The molecule has 0 amide bonds. The molecule has 1 nitrogen and oxygen atoms in total. The molecular weight excluding hydrogens is 182 g/mol. The molecule has 0 radical (unpaired) electrons. The predicted octanol–water partition coefficient (Wildman–Crippen LogP) is 3.48. The molecular formula is C14H23N. The highest BCUT2D eigenvalue weighted by Crippen LogP contribution is 2.21. The van der Waals surface area contributed by atoms with Gasteiger partial charge in [-0.25, -0.2) is 0 Å². The molecule has 0 saturated carbocycles. The third-order valence-corrected chi connectivity index (χ3v) is 3.05. The fraction of sp³-hybridized carbons (Fsp3) is 0.571. The van der Waals surface area contributed by atoms with Crippen LogP contribution < -0.4 is 5.73 Å². The summed E-state index contributed by atoms with van der Waals surface area (Å²) >= 11 is 0. The first kappa shape index (κ1) is 12.3. The van der Waals surface area contributed by atoms with E-state index in [1.165, 1.54) is 24.0 Å². The van der Waals surface area contributed by atoms with Crippen molar-refractivity contribution in [3.05, 3.63) is 35.4 Å². The summed E-state index contributed by atoms with van der Waals surface area (Å²) in [5.74, 6) is 0.669. The van der Waals surface area contributed by atoms with Gasteiger partial charge in [-0.1, -0.05) is 44.5 Å². The third-order valence-electron chi connectivity index (χ3n) is 3.05. The topological polar surface area (TPSA) is 26.0 Å². The molecule has 1 aromatic rings. The van der Waals surface area contributed by atoms with E-state index in [0.29, 0.717) is 5.92 Å². The Kier molecular flexibility index (Phi) is 5.41. The van der Waals surface area contributed by atoms with Crippen molar-refractivity contribution in [1.82, 2.24) is 0 Å². The summed E-state index contributed by atoms with van der Waals surface area (Å²) < 4.78 is 0. The molecule has 1 rings (SSSR count). The lowest BCUT2D eigenvalue weighted by atomic mass is 9.94. The second kappa shape index (κ2) is 6.62. The van der Waals surface area contributed by atoms with Crippen molar-refractivity contribution in [1.29, 1.82) is 0 Å². The second-order valence-electron chi connectivity index (χ2n) is 4.28. The first-order chi connectivity index (χ1) is 7.27. The van der Waals surface area contributed by atoms with Crippen molar-refractivity contribution in [2.45, 2.75) is 45.4 Å². The van der Waals surface area contributed by atoms with Gasteiger partial charge in [0, 0.05) is 0 Å². The van der Waals surface area contributed by atoms with Gasteiger partial charge in [0.25, 0.3) is 0 Å². The molecule has 0 heterocycles. The van der Waals surface area contributed by atoms with Crippen LogP contribution >= 0.6 is 0 Å². The van der Waals surface area contributed by atoms with E-state index in [1.54, 1.807) is 0 Å². The van der Waals surface area contributed by atoms with Crippen LogP contribution in [0.1, 0.15) is 50.2 Å². The van der Waals surface area contributed by atoms with Crippen LogP contribution in [0.5, 0.6) is 0 Å². The molecule has 1 atom stereocenters. The first-order valence-electron chi connectivity index (χ1n) is 6.06. The van der Waals surface area contributed by atoms with E-state index >= 15 is 0 Å². The zero-order valence-corrected chi connectivity index (χ0v) is 10.00. The second-order valence-corrected chi connectivity index (χ2v) is 4.28. The maximum atomic E-state index is 5.49. The molecule has 15 heavy (non-hydrogen) atoms. The summed E-state index contributed by atoms with van der Waals surface area (Å²) in [6.45, 7) is 5.32. The van der Waals surface area contributed by atoms with Crippen molar-refractivity contribution < 1.29 is 0 Å². The largest absolute Gasteiger partial charge is 0.330 e. The number of benzene rings is 1. The monoisotopic (exact) mass is 205 g/mol. The summed E-state index contributed by atoms with van der Waals surface area (Å²) in [5, 5.41) is 0. The van der Waals surface area contributed by atoms with Gasteiger partial charge in [0.15, 0.2) is 0 Å². The van der Waals surface area contributed by atoms with Gasteiger partial charge >= 0.3 is 0 Å². The van der Waals surface area contributed by atoms with E-state index < -0.39 is 0 Å². The van der Waals surface area contributed by atoms with Gasteiger partial charge in [-0.2, -0.15) is 0 Å². The van der Waals surface area contributed by atoms with Crippen molar-refractivity contribution >= 4 is 0 Å². The van der Waals surface area contributed by atoms with Gasteiger partial charge in [0.2, 0.25) is 0 Å². The van der Waals surface area contributed by atoms with Crippen LogP contribution in [0.3, 0.4) is 0 Å². The number of aryl methyl sites for hydroxylation is 1. The van der Waals surface area contributed by atoms with Gasteiger partial charge in [0.1, 0.15) is 0 Å². The quantitative estimate of drug-likeness (QED) is 0.707. The van der Waals surface area contributed by atoms with Crippen LogP contribution in [0.4, 0.5) is 0 Å². The molecule has 0 bridgehead atoms. The van der Waals surface area contributed by atoms with Crippen LogP contribution in [0.15, 0.2) is 24.3 Å². The van der Waals surface area contributed by atoms with E-state index in [-0.39, 0.29) is 0 Å². The maximum absolute atomic E-state index is 5.49. The minimum atomic E-state index is 0.669. The highest BCUT2D eigenvalue weighted by molar-refractivity contribution is 5.24. The van der Waals surface area contributed by atoms with Gasteiger partial charge in [-0.05, 0) is 42.9 Å². The van der Waals surface area contributed by atoms with E-state index in [0.717, 1.165) is 19.4 Å². The standard InChI is InChI=1S/C14H23N/c1-3-13-7-9-14(10-8-13)12(2)6-4-5-11-15/h7-10,12H,3-6,11,15H2,1-2H3. The molecule has 2 N–H and O–H groups in total. The van der Waals surface area contributed by atoms with E-state index in [2.05, 4.69) is 38.1 Å². The lowest BCUT2D eigenvalue weighted by Crippen LogP contribution is -2.00. The Labute approximate surface area is 93.7 Å². The summed E-state index contributed by atoms with van der Waals surface area (Å²) in [4.78, 5) is 0. The van der Waals surface area contributed by atoms with E-state index in [9.17, 15) is 0 Å².